The predicted octanol–water partition coefficient (Wildman–Crippen LogP) is 3.67. The third kappa shape index (κ3) is 3.70. The number of anilines is 1. The first-order valence-corrected chi connectivity index (χ1v) is 6.32. The summed E-state index contributed by atoms with van der Waals surface area (Å²) >= 11 is 11.5. The average molecular weight is 296 g/mol. The standard InChI is InChI=1S/C14H11Cl2NO2/c15-10-3-1-9(2-4-10)13(18)14(19)17-12-7-5-11(16)6-8-12/h1-8,13,18H,(H,17,19). The number of aliphatic hydroxyl groups is 1. The van der Waals surface area contributed by atoms with Crippen molar-refractivity contribution in [1.29, 1.82) is 0 Å². The highest BCUT2D eigenvalue weighted by Crippen LogP contribution is 2.19. The lowest BCUT2D eigenvalue weighted by atomic mass is 10.1. The normalized spacial score (nSPS) is 11.9. The summed E-state index contributed by atoms with van der Waals surface area (Å²) in [5.74, 6) is -0.510. The number of carbonyl (C=O) groups is 1. The van der Waals surface area contributed by atoms with Crippen LogP contribution in [-0.2, 0) is 4.79 Å². The van der Waals surface area contributed by atoms with Gasteiger partial charge in [0.15, 0.2) is 6.10 Å². The molecule has 5 heteroatoms. The molecule has 1 unspecified atom stereocenters. The van der Waals surface area contributed by atoms with Gasteiger partial charge in [-0.1, -0.05) is 35.3 Å². The van der Waals surface area contributed by atoms with Crippen LogP contribution < -0.4 is 5.32 Å². The Morgan fingerprint density at radius 3 is 1.95 bits per heavy atom. The summed E-state index contributed by atoms with van der Waals surface area (Å²) in [5, 5.41) is 13.6. The fourth-order valence-corrected chi connectivity index (χ4v) is 1.79. The number of amides is 1. The molecule has 1 atom stereocenters. The van der Waals surface area contributed by atoms with Gasteiger partial charge in [-0.15, -0.1) is 0 Å². The summed E-state index contributed by atoms with van der Waals surface area (Å²) in [5.41, 5.74) is 1.05. The van der Waals surface area contributed by atoms with Gasteiger partial charge in [-0.25, -0.2) is 0 Å². The van der Waals surface area contributed by atoms with Crippen molar-refractivity contribution in [2.45, 2.75) is 6.10 Å². The van der Waals surface area contributed by atoms with Crippen molar-refractivity contribution in [3.8, 4) is 0 Å². The monoisotopic (exact) mass is 295 g/mol. The van der Waals surface area contributed by atoms with Gasteiger partial charge in [0.25, 0.3) is 5.91 Å². The minimum absolute atomic E-state index is 0.482. The molecule has 0 bridgehead atoms. The van der Waals surface area contributed by atoms with Gasteiger partial charge in [0.1, 0.15) is 0 Å². The van der Waals surface area contributed by atoms with Crippen molar-refractivity contribution in [2.24, 2.45) is 0 Å². The van der Waals surface area contributed by atoms with Crippen molar-refractivity contribution >= 4 is 34.8 Å². The smallest absolute Gasteiger partial charge is 0.257 e. The number of benzene rings is 2. The molecule has 0 spiro atoms. The molecule has 0 heterocycles. The molecule has 0 fully saturated rings. The molecular formula is C14H11Cl2NO2. The molecule has 1 amide bonds. The number of hydrogen-bond donors (Lipinski definition) is 2. The van der Waals surface area contributed by atoms with E-state index in [0.29, 0.717) is 21.3 Å². The molecule has 2 N–H and O–H groups in total. The van der Waals surface area contributed by atoms with Crippen molar-refractivity contribution in [2.75, 3.05) is 5.32 Å². The largest absolute Gasteiger partial charge is 0.378 e. The Morgan fingerprint density at radius 2 is 1.42 bits per heavy atom. The highest BCUT2D eigenvalue weighted by Gasteiger charge is 2.17. The lowest BCUT2D eigenvalue weighted by molar-refractivity contribution is -0.124. The van der Waals surface area contributed by atoms with Crippen molar-refractivity contribution in [3.63, 3.8) is 0 Å². The number of hydrogen-bond acceptors (Lipinski definition) is 2. The first-order chi connectivity index (χ1) is 9.06. The second kappa shape index (κ2) is 6.06. The van der Waals surface area contributed by atoms with Gasteiger partial charge in [-0.3, -0.25) is 4.79 Å². The molecule has 2 rings (SSSR count). The molecule has 2 aromatic rings. The van der Waals surface area contributed by atoms with Crippen LogP contribution in [0.1, 0.15) is 11.7 Å². The van der Waals surface area contributed by atoms with E-state index in [4.69, 9.17) is 23.2 Å². The van der Waals surface area contributed by atoms with Crippen LogP contribution in [0, 0.1) is 0 Å². The Balaban J connectivity index is 2.07. The first kappa shape index (κ1) is 13.9. The number of nitrogens with one attached hydrogen (secondary N) is 1. The van der Waals surface area contributed by atoms with Crippen LogP contribution in [0.25, 0.3) is 0 Å². The third-order valence-electron chi connectivity index (χ3n) is 2.55. The number of aliphatic hydroxyl groups excluding tert-OH is 1. The Bertz CT molecular complexity index is 567. The second-order valence-electron chi connectivity index (χ2n) is 3.95. The number of carbonyl (C=O) groups excluding carboxylic acids is 1. The van der Waals surface area contributed by atoms with E-state index in [1.807, 2.05) is 0 Å². The Kier molecular flexibility index (Phi) is 4.43. The van der Waals surface area contributed by atoms with Gasteiger partial charge in [0.2, 0.25) is 0 Å². The zero-order valence-corrected chi connectivity index (χ0v) is 11.3. The summed E-state index contributed by atoms with van der Waals surface area (Å²) in [7, 11) is 0. The third-order valence-corrected chi connectivity index (χ3v) is 3.05. The van der Waals surface area contributed by atoms with E-state index < -0.39 is 12.0 Å². The fraction of sp³-hybridized carbons (Fsp3) is 0.0714. The van der Waals surface area contributed by atoms with Crippen molar-refractivity contribution in [3.05, 3.63) is 64.1 Å². The van der Waals surface area contributed by atoms with E-state index in [1.165, 1.54) is 0 Å². The maximum atomic E-state index is 11.9. The Hall–Kier alpha value is -1.55. The van der Waals surface area contributed by atoms with E-state index in [2.05, 4.69) is 5.32 Å². The summed E-state index contributed by atoms with van der Waals surface area (Å²) < 4.78 is 0. The molecule has 2 aromatic carbocycles. The van der Waals surface area contributed by atoms with Gasteiger partial charge >= 0.3 is 0 Å². The topological polar surface area (TPSA) is 49.3 Å². The minimum Gasteiger partial charge on any atom is -0.378 e. The van der Waals surface area contributed by atoms with Gasteiger partial charge in [0, 0.05) is 15.7 Å². The average Bonchev–Trinajstić information content (AvgIpc) is 2.41. The van der Waals surface area contributed by atoms with E-state index in [-0.39, 0.29) is 0 Å². The molecule has 19 heavy (non-hydrogen) atoms. The summed E-state index contributed by atoms with van der Waals surface area (Å²) in [4.78, 5) is 11.9. The fourth-order valence-electron chi connectivity index (χ4n) is 1.54. The quantitative estimate of drug-likeness (QED) is 0.908. The summed E-state index contributed by atoms with van der Waals surface area (Å²) in [6.07, 6.45) is -1.24. The minimum atomic E-state index is -1.24. The maximum Gasteiger partial charge on any atom is 0.257 e. The van der Waals surface area contributed by atoms with Crippen LogP contribution >= 0.6 is 23.2 Å². The lowest BCUT2D eigenvalue weighted by Crippen LogP contribution is -2.20. The van der Waals surface area contributed by atoms with Gasteiger partial charge in [0.05, 0.1) is 0 Å². The maximum absolute atomic E-state index is 11.9. The Morgan fingerprint density at radius 1 is 0.947 bits per heavy atom. The molecule has 0 saturated heterocycles. The SMILES string of the molecule is O=C(Nc1ccc(Cl)cc1)C(O)c1ccc(Cl)cc1. The molecule has 0 aliphatic rings. The zero-order chi connectivity index (χ0) is 13.8. The van der Waals surface area contributed by atoms with Gasteiger partial charge in [-0.2, -0.15) is 0 Å². The van der Waals surface area contributed by atoms with Gasteiger partial charge < -0.3 is 10.4 Å². The highest BCUT2D eigenvalue weighted by atomic mass is 35.5. The van der Waals surface area contributed by atoms with Crippen LogP contribution in [0.4, 0.5) is 5.69 Å². The van der Waals surface area contributed by atoms with Crippen LogP contribution in [0.3, 0.4) is 0 Å². The van der Waals surface area contributed by atoms with Crippen LogP contribution in [0.5, 0.6) is 0 Å². The highest BCUT2D eigenvalue weighted by molar-refractivity contribution is 6.30. The summed E-state index contributed by atoms with van der Waals surface area (Å²) in [6, 6.07) is 13.1. The number of halogens is 2. The second-order valence-corrected chi connectivity index (χ2v) is 4.82. The van der Waals surface area contributed by atoms with E-state index >= 15 is 0 Å². The van der Waals surface area contributed by atoms with Crippen LogP contribution in [0.2, 0.25) is 10.0 Å². The van der Waals surface area contributed by atoms with Crippen LogP contribution in [-0.4, -0.2) is 11.0 Å². The lowest BCUT2D eigenvalue weighted by Gasteiger charge is -2.11. The summed E-state index contributed by atoms with van der Waals surface area (Å²) in [6.45, 7) is 0. The van der Waals surface area contributed by atoms with E-state index in [1.54, 1.807) is 48.5 Å². The molecule has 98 valence electrons. The number of rotatable bonds is 3. The van der Waals surface area contributed by atoms with Gasteiger partial charge in [-0.05, 0) is 42.0 Å². The van der Waals surface area contributed by atoms with Crippen molar-refractivity contribution < 1.29 is 9.90 Å². The Labute approximate surface area is 120 Å². The molecule has 0 radical (unpaired) electrons. The van der Waals surface area contributed by atoms with Crippen molar-refractivity contribution in [1.82, 2.24) is 0 Å². The van der Waals surface area contributed by atoms with E-state index in [9.17, 15) is 9.90 Å². The molecular weight excluding hydrogens is 285 g/mol. The zero-order valence-electron chi connectivity index (χ0n) is 9.81. The predicted molar refractivity (Wildman–Crippen MR) is 76.5 cm³/mol. The molecule has 0 aliphatic heterocycles. The van der Waals surface area contributed by atoms with E-state index in [0.717, 1.165) is 0 Å². The first-order valence-electron chi connectivity index (χ1n) is 5.56. The molecule has 0 aliphatic carbocycles. The molecule has 3 nitrogen and oxygen atoms in total. The molecule has 0 saturated carbocycles. The van der Waals surface area contributed by atoms with Crippen LogP contribution in [0.15, 0.2) is 48.5 Å². The molecule has 0 aromatic heterocycles.